The smallest absolute Gasteiger partial charge is 0.255 e. The van der Waals surface area contributed by atoms with Gasteiger partial charge in [0.25, 0.3) is 11.5 Å². The van der Waals surface area contributed by atoms with Crippen molar-refractivity contribution in [3.05, 3.63) is 93.9 Å². The first-order chi connectivity index (χ1) is 14.6. The number of nitrogens with one attached hydrogen (secondary N) is 3. The summed E-state index contributed by atoms with van der Waals surface area (Å²) in [5.74, 6) is 0.430. The van der Waals surface area contributed by atoms with E-state index in [1.54, 1.807) is 54.7 Å². The average Bonchev–Trinajstić information content (AvgIpc) is 3.18. The minimum atomic E-state index is -0.272. The fourth-order valence-electron chi connectivity index (χ4n) is 3.36. The van der Waals surface area contributed by atoms with Crippen molar-refractivity contribution in [3.8, 4) is 11.4 Å². The first-order valence-corrected chi connectivity index (χ1v) is 9.63. The van der Waals surface area contributed by atoms with E-state index in [1.165, 1.54) is 0 Å². The highest BCUT2D eigenvalue weighted by molar-refractivity contribution is 6.30. The highest BCUT2D eigenvalue weighted by Gasteiger charge is 2.11. The molecule has 30 heavy (non-hydrogen) atoms. The maximum atomic E-state index is 12.7. The molecule has 0 aliphatic heterocycles. The lowest BCUT2D eigenvalue weighted by Crippen LogP contribution is -2.12. The van der Waals surface area contributed by atoms with E-state index in [9.17, 15) is 9.59 Å². The van der Waals surface area contributed by atoms with E-state index in [4.69, 9.17) is 11.6 Å². The second kappa shape index (κ2) is 7.17. The number of anilines is 1. The molecule has 2 heterocycles. The Bertz CT molecular complexity index is 1470. The van der Waals surface area contributed by atoms with Crippen molar-refractivity contribution in [3.63, 3.8) is 0 Å². The van der Waals surface area contributed by atoms with Gasteiger partial charge in [0, 0.05) is 33.4 Å². The number of aromatic nitrogens is 3. The molecule has 0 aliphatic carbocycles. The molecule has 5 aromatic rings. The molecule has 0 radical (unpaired) electrons. The van der Waals surface area contributed by atoms with E-state index in [-0.39, 0.29) is 11.5 Å². The van der Waals surface area contributed by atoms with E-state index in [1.807, 2.05) is 18.2 Å². The SMILES string of the molecule is O=C(Nc1ccc2cc[nH]c(=O)c2c1)c1ccc2nc(-c3ccc(Cl)cc3)[nH]c2c1. The number of H-pyrrole nitrogens is 2. The fraction of sp³-hybridized carbons (Fsp3) is 0. The van der Waals surface area contributed by atoms with Gasteiger partial charge in [0.15, 0.2) is 0 Å². The Morgan fingerprint density at radius 1 is 0.967 bits per heavy atom. The monoisotopic (exact) mass is 414 g/mol. The van der Waals surface area contributed by atoms with E-state index in [0.29, 0.717) is 27.5 Å². The molecule has 146 valence electrons. The van der Waals surface area contributed by atoms with Crippen LogP contribution >= 0.6 is 11.6 Å². The number of fused-ring (bicyclic) bond motifs is 2. The Balaban J connectivity index is 1.44. The Morgan fingerprint density at radius 3 is 2.63 bits per heavy atom. The minimum absolute atomic E-state index is 0.197. The van der Waals surface area contributed by atoms with Crippen LogP contribution in [0.5, 0.6) is 0 Å². The molecule has 6 nitrogen and oxygen atoms in total. The molecule has 1 amide bonds. The summed E-state index contributed by atoms with van der Waals surface area (Å²) >= 11 is 5.95. The van der Waals surface area contributed by atoms with Crippen molar-refractivity contribution in [1.82, 2.24) is 15.0 Å². The van der Waals surface area contributed by atoms with Gasteiger partial charge in [-0.05, 0) is 66.0 Å². The number of imidazole rings is 1. The maximum Gasteiger partial charge on any atom is 0.255 e. The lowest BCUT2D eigenvalue weighted by atomic mass is 10.1. The molecule has 2 aromatic heterocycles. The van der Waals surface area contributed by atoms with Crippen molar-refractivity contribution < 1.29 is 4.79 Å². The van der Waals surface area contributed by atoms with Crippen molar-refractivity contribution in [2.24, 2.45) is 0 Å². The van der Waals surface area contributed by atoms with Gasteiger partial charge in [-0.15, -0.1) is 0 Å². The van der Waals surface area contributed by atoms with Gasteiger partial charge in [0.05, 0.1) is 11.0 Å². The molecule has 7 heteroatoms. The van der Waals surface area contributed by atoms with E-state index in [0.717, 1.165) is 22.0 Å². The zero-order chi connectivity index (χ0) is 20.7. The third-order valence-corrected chi connectivity index (χ3v) is 5.15. The third-order valence-electron chi connectivity index (χ3n) is 4.89. The molecular formula is C23H15ClN4O2. The third kappa shape index (κ3) is 3.33. The largest absolute Gasteiger partial charge is 0.338 e. The molecule has 0 spiro atoms. The maximum absolute atomic E-state index is 12.7. The number of amides is 1. The van der Waals surface area contributed by atoms with Crippen LogP contribution in [0.15, 0.2) is 77.7 Å². The molecule has 0 saturated heterocycles. The number of pyridine rings is 1. The number of carbonyl (C=O) groups is 1. The lowest BCUT2D eigenvalue weighted by Gasteiger charge is -2.06. The summed E-state index contributed by atoms with van der Waals surface area (Å²) < 4.78 is 0. The van der Waals surface area contributed by atoms with Crippen LogP contribution in [-0.4, -0.2) is 20.9 Å². The standard InChI is InChI=1S/C23H15ClN4O2/c24-16-5-1-14(2-6-16)21-27-19-8-4-15(11-20(19)28-21)22(29)26-17-7-3-13-9-10-25-23(30)18(13)12-17/h1-12H,(H,25,30)(H,26,29)(H,27,28). The summed E-state index contributed by atoms with van der Waals surface area (Å²) in [4.78, 5) is 35.2. The topological polar surface area (TPSA) is 90.6 Å². The van der Waals surface area contributed by atoms with Gasteiger partial charge in [-0.2, -0.15) is 0 Å². The normalized spacial score (nSPS) is 11.1. The number of nitrogens with zero attached hydrogens (tertiary/aromatic N) is 1. The molecule has 5 rings (SSSR count). The fourth-order valence-corrected chi connectivity index (χ4v) is 3.49. The van der Waals surface area contributed by atoms with Crippen LogP contribution in [0.4, 0.5) is 5.69 Å². The zero-order valence-electron chi connectivity index (χ0n) is 15.6. The first-order valence-electron chi connectivity index (χ1n) is 9.25. The molecule has 0 bridgehead atoms. The second-order valence-corrected chi connectivity index (χ2v) is 7.32. The van der Waals surface area contributed by atoms with Crippen LogP contribution in [0.1, 0.15) is 10.4 Å². The van der Waals surface area contributed by atoms with Crippen LogP contribution in [0.2, 0.25) is 5.02 Å². The Labute approximate surface area is 175 Å². The van der Waals surface area contributed by atoms with Gasteiger partial charge in [-0.3, -0.25) is 9.59 Å². The van der Waals surface area contributed by atoms with E-state index in [2.05, 4.69) is 20.3 Å². The summed E-state index contributed by atoms with van der Waals surface area (Å²) in [5, 5.41) is 4.83. The number of carbonyl (C=O) groups excluding carboxylic acids is 1. The van der Waals surface area contributed by atoms with Crippen molar-refractivity contribution >= 4 is 45.0 Å². The Morgan fingerprint density at radius 2 is 1.80 bits per heavy atom. The quantitative estimate of drug-likeness (QED) is 0.389. The van der Waals surface area contributed by atoms with Crippen LogP contribution in [0.3, 0.4) is 0 Å². The molecule has 0 fully saturated rings. The Kier molecular flexibility index (Phi) is 4.34. The predicted octanol–water partition coefficient (Wildman–Crippen LogP) is 4.98. The summed E-state index contributed by atoms with van der Waals surface area (Å²) in [6.07, 6.45) is 1.60. The second-order valence-electron chi connectivity index (χ2n) is 6.89. The molecule has 0 atom stereocenters. The lowest BCUT2D eigenvalue weighted by molar-refractivity contribution is 0.102. The Hall–Kier alpha value is -3.90. The van der Waals surface area contributed by atoms with E-state index < -0.39 is 0 Å². The number of benzene rings is 3. The number of hydrogen-bond donors (Lipinski definition) is 3. The molecule has 0 unspecified atom stereocenters. The van der Waals surface area contributed by atoms with Crippen molar-refractivity contribution in [2.45, 2.75) is 0 Å². The van der Waals surface area contributed by atoms with Crippen LogP contribution in [-0.2, 0) is 0 Å². The molecular weight excluding hydrogens is 400 g/mol. The van der Waals surface area contributed by atoms with Gasteiger partial charge >= 0.3 is 0 Å². The number of halogens is 1. The first kappa shape index (κ1) is 18.1. The zero-order valence-corrected chi connectivity index (χ0v) is 16.3. The summed E-state index contributed by atoms with van der Waals surface area (Å²) in [6.45, 7) is 0. The number of aromatic amines is 2. The predicted molar refractivity (Wildman–Crippen MR) is 119 cm³/mol. The molecule has 3 N–H and O–H groups in total. The summed E-state index contributed by atoms with van der Waals surface area (Å²) in [7, 11) is 0. The van der Waals surface area contributed by atoms with Crippen molar-refractivity contribution in [1.29, 1.82) is 0 Å². The van der Waals surface area contributed by atoms with Crippen LogP contribution < -0.4 is 10.9 Å². The van der Waals surface area contributed by atoms with Crippen LogP contribution in [0.25, 0.3) is 33.2 Å². The molecule has 0 aliphatic rings. The highest BCUT2D eigenvalue weighted by atomic mass is 35.5. The summed E-state index contributed by atoms with van der Waals surface area (Å²) in [5.41, 5.74) is 3.25. The van der Waals surface area contributed by atoms with Gasteiger partial charge < -0.3 is 15.3 Å². The number of hydrogen-bond acceptors (Lipinski definition) is 3. The van der Waals surface area contributed by atoms with Gasteiger partial charge in [-0.1, -0.05) is 17.7 Å². The summed E-state index contributed by atoms with van der Waals surface area (Å²) in [6, 6.07) is 19.7. The van der Waals surface area contributed by atoms with E-state index >= 15 is 0 Å². The van der Waals surface area contributed by atoms with Gasteiger partial charge in [0.2, 0.25) is 0 Å². The van der Waals surface area contributed by atoms with Gasteiger partial charge in [-0.25, -0.2) is 4.98 Å². The highest BCUT2D eigenvalue weighted by Crippen LogP contribution is 2.23. The average molecular weight is 415 g/mol. The van der Waals surface area contributed by atoms with Gasteiger partial charge in [0.1, 0.15) is 5.82 Å². The number of rotatable bonds is 3. The van der Waals surface area contributed by atoms with Crippen molar-refractivity contribution in [2.75, 3.05) is 5.32 Å². The molecule has 3 aromatic carbocycles. The molecule has 0 saturated carbocycles. The minimum Gasteiger partial charge on any atom is -0.338 e. The van der Waals surface area contributed by atoms with Crippen LogP contribution in [0, 0.1) is 0 Å².